The summed E-state index contributed by atoms with van der Waals surface area (Å²) in [7, 11) is 1.93. The van der Waals surface area contributed by atoms with E-state index in [9.17, 15) is 0 Å². The monoisotopic (exact) mass is 209 g/mol. The number of pyridine rings is 1. The van der Waals surface area contributed by atoms with Crippen LogP contribution in [0.25, 0.3) is 0 Å². The van der Waals surface area contributed by atoms with Crippen LogP contribution in [-0.4, -0.2) is 12.0 Å². The van der Waals surface area contributed by atoms with Crippen molar-refractivity contribution in [3.05, 3.63) is 54.2 Å². The summed E-state index contributed by atoms with van der Waals surface area (Å²) in [5, 5.41) is 8.78. The first-order chi connectivity index (χ1) is 7.81. The van der Waals surface area contributed by atoms with Gasteiger partial charge in [0.15, 0.2) is 0 Å². The molecule has 0 unspecified atom stereocenters. The molecule has 0 bridgehead atoms. The zero-order valence-corrected chi connectivity index (χ0v) is 8.96. The van der Waals surface area contributed by atoms with Crippen molar-refractivity contribution in [2.75, 3.05) is 11.9 Å². The fourth-order valence-electron chi connectivity index (χ4n) is 1.46. The molecular formula is C13H11N3. The Morgan fingerprint density at radius 2 is 1.81 bits per heavy atom. The average molecular weight is 209 g/mol. The third-order valence-corrected chi connectivity index (χ3v) is 2.34. The molecule has 1 aromatic carbocycles. The first-order valence-corrected chi connectivity index (χ1v) is 4.97. The lowest BCUT2D eigenvalue weighted by Crippen LogP contribution is -2.11. The van der Waals surface area contributed by atoms with Gasteiger partial charge in [-0.1, -0.05) is 24.3 Å². The maximum atomic E-state index is 8.78. The second kappa shape index (κ2) is 4.45. The van der Waals surface area contributed by atoms with E-state index < -0.39 is 0 Å². The van der Waals surface area contributed by atoms with Crippen LogP contribution in [0.1, 0.15) is 5.69 Å². The number of rotatable bonds is 2. The molecule has 1 heterocycles. The highest BCUT2D eigenvalue weighted by atomic mass is 15.2. The normalized spacial score (nSPS) is 9.50. The summed E-state index contributed by atoms with van der Waals surface area (Å²) < 4.78 is 0. The zero-order chi connectivity index (χ0) is 11.4. The van der Waals surface area contributed by atoms with E-state index in [1.165, 1.54) is 0 Å². The van der Waals surface area contributed by atoms with Gasteiger partial charge in [-0.15, -0.1) is 0 Å². The van der Waals surface area contributed by atoms with E-state index in [4.69, 9.17) is 5.26 Å². The Hall–Kier alpha value is -2.34. The third-order valence-electron chi connectivity index (χ3n) is 2.34. The first-order valence-electron chi connectivity index (χ1n) is 4.97. The molecule has 0 aliphatic carbocycles. The van der Waals surface area contributed by atoms with E-state index in [-0.39, 0.29) is 0 Å². The molecule has 0 radical (unpaired) electrons. The Balaban J connectivity index is 2.35. The van der Waals surface area contributed by atoms with Crippen molar-refractivity contribution in [1.82, 2.24) is 4.98 Å². The van der Waals surface area contributed by atoms with Crippen LogP contribution in [0, 0.1) is 11.3 Å². The van der Waals surface area contributed by atoms with Gasteiger partial charge < -0.3 is 4.90 Å². The SMILES string of the molecule is CN(c1ccccc1)c1cccc(C#N)n1. The van der Waals surface area contributed by atoms with E-state index >= 15 is 0 Å². The summed E-state index contributed by atoms with van der Waals surface area (Å²) in [6, 6.07) is 17.4. The lowest BCUT2D eigenvalue weighted by molar-refractivity contribution is 1.11. The first kappa shape index (κ1) is 10.2. The van der Waals surface area contributed by atoms with Crippen molar-refractivity contribution >= 4 is 11.5 Å². The maximum Gasteiger partial charge on any atom is 0.142 e. The molecule has 0 N–H and O–H groups in total. The second-order valence-corrected chi connectivity index (χ2v) is 3.39. The molecule has 1 aromatic heterocycles. The minimum atomic E-state index is 0.431. The van der Waals surface area contributed by atoms with Gasteiger partial charge in [-0.2, -0.15) is 5.26 Å². The van der Waals surface area contributed by atoms with E-state index in [0.29, 0.717) is 5.69 Å². The van der Waals surface area contributed by atoms with Gasteiger partial charge in [0.05, 0.1) is 0 Å². The molecule has 2 aromatic rings. The fourth-order valence-corrected chi connectivity index (χ4v) is 1.46. The van der Waals surface area contributed by atoms with Gasteiger partial charge in [0.1, 0.15) is 17.6 Å². The number of nitriles is 1. The molecule has 16 heavy (non-hydrogen) atoms. The number of nitrogens with zero attached hydrogens (tertiary/aromatic N) is 3. The summed E-state index contributed by atoms with van der Waals surface area (Å²) in [4.78, 5) is 6.18. The van der Waals surface area contributed by atoms with Crippen LogP contribution in [-0.2, 0) is 0 Å². The predicted molar refractivity (Wildman–Crippen MR) is 63.5 cm³/mol. The van der Waals surface area contributed by atoms with Gasteiger partial charge in [-0.05, 0) is 24.3 Å². The number of hydrogen-bond donors (Lipinski definition) is 0. The van der Waals surface area contributed by atoms with Crippen molar-refractivity contribution < 1.29 is 0 Å². The summed E-state index contributed by atoms with van der Waals surface area (Å²) >= 11 is 0. The van der Waals surface area contributed by atoms with E-state index in [0.717, 1.165) is 11.5 Å². The fraction of sp³-hybridized carbons (Fsp3) is 0.0769. The van der Waals surface area contributed by atoms with Crippen LogP contribution < -0.4 is 4.90 Å². The Morgan fingerprint density at radius 1 is 1.06 bits per heavy atom. The number of benzene rings is 1. The van der Waals surface area contributed by atoms with Gasteiger partial charge >= 0.3 is 0 Å². The number of aromatic nitrogens is 1. The topological polar surface area (TPSA) is 39.9 Å². The molecule has 0 spiro atoms. The number of para-hydroxylation sites is 1. The van der Waals surface area contributed by atoms with Crippen LogP contribution >= 0.6 is 0 Å². The van der Waals surface area contributed by atoms with Crippen LogP contribution in [0.3, 0.4) is 0 Å². The Labute approximate surface area is 94.6 Å². The van der Waals surface area contributed by atoms with Gasteiger partial charge in [0, 0.05) is 12.7 Å². The Bertz CT molecular complexity index is 514. The minimum absolute atomic E-state index is 0.431. The predicted octanol–water partition coefficient (Wildman–Crippen LogP) is 2.72. The standard InChI is InChI=1S/C13H11N3/c1-16(12-7-3-2-4-8-12)13-9-5-6-11(10-14)15-13/h2-9H,1H3. The van der Waals surface area contributed by atoms with E-state index in [2.05, 4.69) is 4.98 Å². The molecule has 3 nitrogen and oxygen atoms in total. The summed E-state index contributed by atoms with van der Waals surface area (Å²) in [6.07, 6.45) is 0. The summed E-state index contributed by atoms with van der Waals surface area (Å²) in [5.74, 6) is 0.769. The molecule has 78 valence electrons. The largest absolute Gasteiger partial charge is 0.329 e. The highest BCUT2D eigenvalue weighted by Gasteiger charge is 2.04. The van der Waals surface area contributed by atoms with Crippen molar-refractivity contribution in [3.8, 4) is 6.07 Å². The van der Waals surface area contributed by atoms with Gasteiger partial charge in [0.25, 0.3) is 0 Å². The minimum Gasteiger partial charge on any atom is -0.329 e. The molecule has 0 atom stereocenters. The maximum absolute atomic E-state index is 8.78. The molecule has 2 rings (SSSR count). The van der Waals surface area contributed by atoms with E-state index in [1.807, 2.05) is 60.5 Å². The molecule has 0 saturated carbocycles. The molecule has 0 aliphatic rings. The Kier molecular flexibility index (Phi) is 2.84. The van der Waals surface area contributed by atoms with Crippen molar-refractivity contribution in [3.63, 3.8) is 0 Å². The highest BCUT2D eigenvalue weighted by molar-refractivity contribution is 5.59. The summed E-state index contributed by atoms with van der Waals surface area (Å²) in [5.41, 5.74) is 1.48. The molecule has 3 heteroatoms. The average Bonchev–Trinajstić information content (AvgIpc) is 2.39. The smallest absolute Gasteiger partial charge is 0.142 e. The van der Waals surface area contributed by atoms with Crippen LogP contribution in [0.2, 0.25) is 0 Å². The van der Waals surface area contributed by atoms with Gasteiger partial charge in [-0.25, -0.2) is 4.98 Å². The highest BCUT2D eigenvalue weighted by Crippen LogP contribution is 2.20. The van der Waals surface area contributed by atoms with Crippen molar-refractivity contribution in [2.24, 2.45) is 0 Å². The molecule has 0 fully saturated rings. The van der Waals surface area contributed by atoms with Gasteiger partial charge in [0.2, 0.25) is 0 Å². The molecular weight excluding hydrogens is 198 g/mol. The van der Waals surface area contributed by atoms with Crippen LogP contribution in [0.4, 0.5) is 11.5 Å². The third kappa shape index (κ3) is 2.01. The molecule has 0 amide bonds. The lowest BCUT2D eigenvalue weighted by Gasteiger charge is -2.17. The molecule has 0 saturated heterocycles. The quantitative estimate of drug-likeness (QED) is 0.763. The lowest BCUT2D eigenvalue weighted by atomic mass is 10.3. The van der Waals surface area contributed by atoms with Crippen molar-refractivity contribution in [1.29, 1.82) is 5.26 Å². The van der Waals surface area contributed by atoms with Gasteiger partial charge in [-0.3, -0.25) is 0 Å². The Morgan fingerprint density at radius 3 is 2.50 bits per heavy atom. The van der Waals surface area contributed by atoms with Crippen LogP contribution in [0.5, 0.6) is 0 Å². The van der Waals surface area contributed by atoms with Crippen LogP contribution in [0.15, 0.2) is 48.5 Å². The second-order valence-electron chi connectivity index (χ2n) is 3.39. The number of anilines is 2. The zero-order valence-electron chi connectivity index (χ0n) is 8.96. The van der Waals surface area contributed by atoms with E-state index in [1.54, 1.807) is 6.07 Å². The van der Waals surface area contributed by atoms with Crippen molar-refractivity contribution in [2.45, 2.75) is 0 Å². The number of hydrogen-bond acceptors (Lipinski definition) is 3. The molecule has 0 aliphatic heterocycles. The summed E-state index contributed by atoms with van der Waals surface area (Å²) in [6.45, 7) is 0.